The molecule has 0 saturated carbocycles. The molecule has 3 amide bonds. The number of nitrogen functional groups attached to an aromatic ring is 2. The number of H-pyrrole nitrogens is 2. The van der Waals surface area contributed by atoms with Gasteiger partial charge in [-0.3, -0.25) is 48.7 Å². The van der Waals surface area contributed by atoms with Crippen molar-refractivity contribution in [2.45, 2.75) is 61.2 Å². The molecule has 11 N–H and O–H groups in total. The van der Waals surface area contributed by atoms with E-state index in [0.29, 0.717) is 206 Å². The zero-order valence-electron chi connectivity index (χ0n) is 73.4. The number of fused-ring (bicyclic) bond motifs is 8. The minimum Gasteiger partial charge on any atom is -1.00 e. The topological polar surface area (TPSA) is 530 Å². The molecule has 0 aliphatic carbocycles. The molecule has 744 valence electrons. The van der Waals surface area contributed by atoms with E-state index in [1.54, 1.807) is 112 Å². The number of halogens is 11. The predicted molar refractivity (Wildman–Crippen MR) is 566 cm³/mol. The van der Waals surface area contributed by atoms with Crippen LogP contribution in [0.1, 0.15) is 120 Å². The Hall–Kier alpha value is -12.5. The molecule has 38 nitrogen and oxygen atoms in total. The number of carbonyl (C=O) groups excluding carboxylic acids is 3. The monoisotopic (exact) mass is 2170 g/mol. The van der Waals surface area contributed by atoms with Gasteiger partial charge < -0.3 is 75.2 Å². The molecule has 3 fully saturated rings. The second-order valence-electron chi connectivity index (χ2n) is 29.7. The van der Waals surface area contributed by atoms with E-state index in [0.717, 1.165) is 16.2 Å². The van der Waals surface area contributed by atoms with Gasteiger partial charge in [0.25, 0.3) is 23.3 Å². The highest BCUT2D eigenvalue weighted by molar-refractivity contribution is 8.24. The highest BCUT2D eigenvalue weighted by atomic mass is 36.0. The van der Waals surface area contributed by atoms with Crippen LogP contribution in [0.5, 0.6) is 0 Å². The molecule has 0 bridgehead atoms. The van der Waals surface area contributed by atoms with Gasteiger partial charge in [0.2, 0.25) is 21.8 Å². The van der Waals surface area contributed by atoms with Gasteiger partial charge in [0, 0.05) is 98.7 Å². The molecule has 4 radical (unpaired) electrons. The van der Waals surface area contributed by atoms with Crippen molar-refractivity contribution in [2.75, 3.05) is 101 Å². The molecule has 3 atom stereocenters. The van der Waals surface area contributed by atoms with Crippen molar-refractivity contribution in [3.8, 4) is 0 Å². The Bertz CT molecular complexity index is 7300. The zero-order valence-corrected chi connectivity index (χ0v) is 82.6. The lowest BCUT2D eigenvalue weighted by Gasteiger charge is -2.27. The van der Waals surface area contributed by atoms with Crippen molar-refractivity contribution in [2.24, 2.45) is 5.73 Å². The Labute approximate surface area is 873 Å². The number of morpholine rings is 3. The van der Waals surface area contributed by atoms with Gasteiger partial charge in [0.15, 0.2) is 33.2 Å². The first-order valence-corrected chi connectivity index (χ1v) is 49.0. The van der Waals surface area contributed by atoms with Crippen molar-refractivity contribution in [1.82, 2.24) is 109 Å². The molecule has 143 heavy (non-hydrogen) atoms. The Balaban J connectivity index is 0.000000192. The van der Waals surface area contributed by atoms with Gasteiger partial charge >= 0.3 is 16.9 Å². The van der Waals surface area contributed by atoms with Crippen LogP contribution >= 0.6 is 132 Å². The van der Waals surface area contributed by atoms with Crippen molar-refractivity contribution in [1.29, 1.82) is 0 Å². The number of amides is 3. The van der Waals surface area contributed by atoms with Crippen LogP contribution < -0.4 is 39.1 Å². The number of anilines is 4. The number of nitrogens with zero attached hydrogens (tertiary/aromatic N) is 20. The molecular formula is C92H89BCl11N27O11P-. The highest BCUT2D eigenvalue weighted by Gasteiger charge is 2.30. The Morgan fingerprint density at radius 2 is 0.741 bits per heavy atom. The van der Waals surface area contributed by atoms with Gasteiger partial charge in [-0.25, -0.2) is 64.4 Å². The first kappa shape index (κ1) is 114. The molecule has 17 aromatic rings. The Kier molecular flexibility index (Phi) is 42.4. The minimum absolute atomic E-state index is 0. The van der Waals surface area contributed by atoms with Crippen LogP contribution in [-0.2, 0) is 18.8 Å². The van der Waals surface area contributed by atoms with Crippen LogP contribution in [0.3, 0.4) is 0 Å². The third kappa shape index (κ3) is 30.3. The van der Waals surface area contributed by atoms with Gasteiger partial charge in [0.1, 0.15) is 39.1 Å². The number of carboxylic acids is 1. The molecule has 20 rings (SSSR count). The van der Waals surface area contributed by atoms with E-state index >= 15 is 0 Å². The number of aromatic nitrogens is 19. The fourth-order valence-electron chi connectivity index (χ4n) is 13.8. The third-order valence-corrected chi connectivity index (χ3v) is 22.2. The van der Waals surface area contributed by atoms with Crippen LogP contribution in [0, 0.1) is 0 Å². The quantitative estimate of drug-likeness (QED) is 0.0258. The zero-order chi connectivity index (χ0) is 99.3. The van der Waals surface area contributed by atoms with Gasteiger partial charge in [-0.15, -0.1) is 0 Å². The van der Waals surface area contributed by atoms with Crippen molar-refractivity contribution >= 4 is 275 Å². The van der Waals surface area contributed by atoms with Crippen molar-refractivity contribution in [3.63, 3.8) is 0 Å². The summed E-state index contributed by atoms with van der Waals surface area (Å²) in [5.74, 6) is -0.410. The van der Waals surface area contributed by atoms with Crippen LogP contribution in [0.4, 0.5) is 23.3 Å². The summed E-state index contributed by atoms with van der Waals surface area (Å²) in [5, 5.41) is 18.8. The highest BCUT2D eigenvalue weighted by Crippen LogP contribution is 2.61. The van der Waals surface area contributed by atoms with Gasteiger partial charge in [-0.2, -0.15) is 9.97 Å². The molecule has 0 spiro atoms. The largest absolute Gasteiger partial charge is 1.00 e. The molecule has 3 aliphatic heterocycles. The molecule has 3 aromatic carbocycles. The minimum atomic E-state index is -3.22. The van der Waals surface area contributed by atoms with E-state index in [-0.39, 0.29) is 116 Å². The lowest BCUT2D eigenvalue weighted by atomic mass is 10.0. The number of carbonyl (C=O) groups is 4. The van der Waals surface area contributed by atoms with E-state index in [4.69, 9.17) is 139 Å². The second-order valence-corrected chi connectivity index (χ2v) is 39.3. The average Bonchev–Trinajstić information content (AvgIpc) is 0.774. The van der Waals surface area contributed by atoms with E-state index in [2.05, 4.69) is 129 Å². The van der Waals surface area contributed by atoms with Crippen molar-refractivity contribution in [3.05, 3.63) is 285 Å². The predicted octanol–water partition coefficient (Wildman–Crippen LogP) is 19.3. The van der Waals surface area contributed by atoms with E-state index in [1.165, 1.54) is 18.5 Å². The van der Waals surface area contributed by atoms with Gasteiger partial charge in [-0.05, 0) is 215 Å². The normalized spacial score (nSPS) is 13.2. The smallest absolute Gasteiger partial charge is 0.356 e. The number of rotatable bonds is 11. The molecule has 3 saturated heterocycles. The van der Waals surface area contributed by atoms with Crippen LogP contribution in [0.15, 0.2) is 192 Å². The Morgan fingerprint density at radius 3 is 1.12 bits per heavy atom. The van der Waals surface area contributed by atoms with Crippen LogP contribution in [0.2, 0.25) is 41.2 Å². The van der Waals surface area contributed by atoms with E-state index < -0.39 is 22.4 Å². The maximum absolute atomic E-state index is 13.4. The number of aromatic carboxylic acids is 1. The summed E-state index contributed by atoms with van der Waals surface area (Å²) >= 11 is 62.0. The number of pyridine rings is 9. The van der Waals surface area contributed by atoms with E-state index in [1.807, 2.05) is 87.5 Å². The molecule has 51 heteroatoms. The number of nitrogens with two attached hydrogens (primary N) is 3. The Morgan fingerprint density at radius 1 is 0.413 bits per heavy atom. The first-order chi connectivity index (χ1) is 66.6. The van der Waals surface area contributed by atoms with Gasteiger partial charge in [0.05, 0.1) is 117 Å². The summed E-state index contributed by atoms with van der Waals surface area (Å²) < 4.78 is 25.6. The van der Waals surface area contributed by atoms with Gasteiger partial charge in [-0.1, -0.05) is 117 Å². The summed E-state index contributed by atoms with van der Waals surface area (Å²) in [7, 11) is 0. The molecule has 0 unspecified atom stereocenters. The fourth-order valence-corrected chi connectivity index (χ4v) is 15.7. The number of hydrogen-bond donors (Lipinski definition) is 8. The average molecular weight is 2180 g/mol. The molecular weight excluding hydrogens is 2090 g/mol. The lowest BCUT2D eigenvalue weighted by molar-refractivity contribution is 0.0299. The maximum atomic E-state index is 13.4. The first-order valence-electron chi connectivity index (χ1n) is 41.5. The number of nitrogens with one attached hydrogen (secondary N) is 4. The summed E-state index contributed by atoms with van der Waals surface area (Å²) in [6, 6.07) is 42.2. The number of benzene rings is 3. The molecule has 14 aromatic heterocycles. The van der Waals surface area contributed by atoms with E-state index in [9.17, 15) is 33.3 Å². The maximum Gasteiger partial charge on any atom is 0.356 e. The summed E-state index contributed by atoms with van der Waals surface area (Å²) in [6.07, 6.45) is 9.49. The lowest BCUT2D eigenvalue weighted by Crippen LogP contribution is -2.41. The second kappa shape index (κ2) is 53.2. The summed E-state index contributed by atoms with van der Waals surface area (Å²) in [6.45, 7) is 12.0. The SMILES string of the molecule is C.C.C.C[C@H](N)c1cc2cccc(Cl)c2c(C(=O)N2CCOCC2)n1.C[C@H](Nc1nc(Cl)nc2cccnc12)c1cc2cccc(Cl)c2c(C(=O)N2CCOCC2)n1.C[C@H](Nc1nc(N)nc2cccnc12)c1cc2cccc(Cl)c2c(C(=O)N2CCOCC2)n1.Clc1nc(Cl)c2ncccc2n1.Clc1nc(Cl)c2ncccc2n1.Nc1cccnc1C(=O)O.O=P(Cl)(Cl)Cl.O=c1[nH]c(=O)c2ncccc2[nH]1.[B-]. The number of aromatic amines is 2. The van der Waals surface area contributed by atoms with Crippen molar-refractivity contribution < 1.29 is 43.1 Å². The fraction of sp³-hybridized carbons (Fsp3) is 0.228. The van der Waals surface area contributed by atoms with Crippen LogP contribution in [-0.4, -0.2) is 226 Å². The number of ether oxygens (including phenoxy) is 3. The third-order valence-electron chi connectivity index (χ3n) is 20.3. The molecule has 17 heterocycles. The summed E-state index contributed by atoms with van der Waals surface area (Å²) in [4.78, 5) is 152. The van der Waals surface area contributed by atoms with Crippen LogP contribution in [0.25, 0.3) is 87.5 Å². The number of hydrogen-bond acceptors (Lipinski definition) is 32. The molecule has 3 aliphatic rings. The summed E-state index contributed by atoms with van der Waals surface area (Å²) in [5.41, 5.74) is 24.9. The number of carboxylic acid groups (broad SMARTS) is 1. The standard InChI is InChI=1S/C23H20Cl2N6O2.C23H22ClN7O2.C16H18ClN3O2.2C7H3Cl2N3.C7H5N3O2.C6H6N2O2.3CH4.B.Cl3OP/c2*1-13(27-21-19-16(6-3-7-26-19)29-23(25)30-21)17-12-14-4-2-5-15(24)18(14)20(28-17)22(32)31-8-10-33-11-9-31;1-10(18)13-9-11-3-2-4-12(17)14(11)15(19-13)16(21)20-5-7-22-8-6-20;2*8-6-5-4(2-1-3-10-5)11-7(9)12-6;11-6-5-4(2-1-3-8-5)9-7(12)10-6;7-4-2-1-3-8-5(4)6(9)10;;;;;1-5(2,3)4/h2-7,12-13H,8-11H2,1H3,(H,27,29,30);2-7,12-13H,8-11H2,1H3,(H3,25,27,29,30);2-4,9-10H,5-8,18H2,1H3;2*1-3H;1-3H,(H2,9,10,11,12);1-3H,7H2,(H,9,10);3*1H4;;/q;;;;;;;;;;-1;/t2*13-;10-;;;;;;;;;/m000........./s1.